The van der Waals surface area contributed by atoms with Gasteiger partial charge in [-0.2, -0.15) is 0 Å². The second-order valence-electron chi connectivity index (χ2n) is 6.98. The molecule has 4 atom stereocenters. The predicted octanol–water partition coefficient (Wildman–Crippen LogP) is 4.73. The highest BCUT2D eigenvalue weighted by Gasteiger charge is 2.31. The van der Waals surface area contributed by atoms with Gasteiger partial charge in [-0.25, -0.2) is 0 Å². The molecule has 2 nitrogen and oxygen atoms in total. The summed E-state index contributed by atoms with van der Waals surface area (Å²) in [6.07, 6.45) is 4.71. The lowest BCUT2D eigenvalue weighted by molar-refractivity contribution is 0.0856. The van der Waals surface area contributed by atoms with E-state index in [1.54, 1.807) is 0 Å². The van der Waals surface area contributed by atoms with Gasteiger partial charge in [0.1, 0.15) is 11.9 Å². The summed E-state index contributed by atoms with van der Waals surface area (Å²) in [7, 11) is 0. The van der Waals surface area contributed by atoms with Crippen molar-refractivity contribution in [2.75, 3.05) is 0 Å². The molecular formula is C19H31NO. The fourth-order valence-electron chi connectivity index (χ4n) is 3.30. The molecule has 0 saturated heterocycles. The largest absolute Gasteiger partial charge is 0.489 e. The van der Waals surface area contributed by atoms with E-state index in [2.05, 4.69) is 52.0 Å². The van der Waals surface area contributed by atoms with Crippen LogP contribution >= 0.6 is 0 Å². The summed E-state index contributed by atoms with van der Waals surface area (Å²) in [6.45, 7) is 9.11. The summed E-state index contributed by atoms with van der Waals surface area (Å²) in [5.41, 5.74) is 7.64. The maximum atomic E-state index is 6.38. The molecule has 0 radical (unpaired) electrons. The molecule has 2 rings (SSSR count). The molecule has 0 aromatic heterocycles. The lowest BCUT2D eigenvalue weighted by Gasteiger charge is -2.36. The lowest BCUT2D eigenvalue weighted by atomic mass is 9.78. The van der Waals surface area contributed by atoms with Crippen LogP contribution in [0.1, 0.15) is 64.9 Å². The van der Waals surface area contributed by atoms with Crippen LogP contribution in [0.2, 0.25) is 0 Å². The smallest absolute Gasteiger partial charge is 0.123 e. The zero-order chi connectivity index (χ0) is 15.4. The van der Waals surface area contributed by atoms with Crippen LogP contribution in [-0.2, 0) is 0 Å². The Morgan fingerprint density at radius 1 is 1.19 bits per heavy atom. The maximum Gasteiger partial charge on any atom is 0.123 e. The second-order valence-corrected chi connectivity index (χ2v) is 6.98. The van der Waals surface area contributed by atoms with E-state index in [1.807, 2.05) is 0 Å². The van der Waals surface area contributed by atoms with Gasteiger partial charge in [-0.1, -0.05) is 45.9 Å². The van der Waals surface area contributed by atoms with E-state index in [1.165, 1.54) is 12.0 Å². The zero-order valence-corrected chi connectivity index (χ0v) is 14.0. The van der Waals surface area contributed by atoms with Crippen LogP contribution in [-0.4, -0.2) is 12.1 Å². The van der Waals surface area contributed by atoms with Gasteiger partial charge in [-0.15, -0.1) is 0 Å². The Bertz CT molecular complexity index is 443. The first-order valence-electron chi connectivity index (χ1n) is 8.54. The monoisotopic (exact) mass is 289 g/mol. The van der Waals surface area contributed by atoms with Crippen molar-refractivity contribution in [1.29, 1.82) is 0 Å². The fourth-order valence-corrected chi connectivity index (χ4v) is 3.30. The lowest BCUT2D eigenvalue weighted by Crippen LogP contribution is -2.44. The Morgan fingerprint density at radius 2 is 1.90 bits per heavy atom. The molecule has 2 N–H and O–H groups in total. The van der Waals surface area contributed by atoms with E-state index in [0.717, 1.165) is 30.9 Å². The molecule has 0 aliphatic heterocycles. The average molecular weight is 289 g/mol. The van der Waals surface area contributed by atoms with Crippen LogP contribution in [0, 0.1) is 11.8 Å². The summed E-state index contributed by atoms with van der Waals surface area (Å²) < 4.78 is 6.38. The normalized spacial score (nSPS) is 27.6. The van der Waals surface area contributed by atoms with Crippen molar-refractivity contribution in [1.82, 2.24) is 0 Å². The summed E-state index contributed by atoms with van der Waals surface area (Å²) in [4.78, 5) is 0. The van der Waals surface area contributed by atoms with E-state index in [9.17, 15) is 0 Å². The number of ether oxygens (including phenoxy) is 1. The van der Waals surface area contributed by atoms with Gasteiger partial charge in [-0.3, -0.25) is 0 Å². The average Bonchev–Trinajstić information content (AvgIpc) is 2.49. The van der Waals surface area contributed by atoms with Crippen molar-refractivity contribution in [2.24, 2.45) is 17.6 Å². The van der Waals surface area contributed by atoms with Crippen molar-refractivity contribution in [2.45, 2.75) is 71.4 Å². The van der Waals surface area contributed by atoms with Gasteiger partial charge in [0.15, 0.2) is 0 Å². The molecule has 21 heavy (non-hydrogen) atoms. The van der Waals surface area contributed by atoms with E-state index in [-0.39, 0.29) is 12.1 Å². The standard InChI is InChI=1S/C19H31NO/c1-5-14(4)16-8-6-7-9-18(16)21-19-12-15(13(2)3)10-11-17(19)20/h6-9,13-15,17,19H,5,10-12,20H2,1-4H3. The molecule has 1 aliphatic carbocycles. The van der Waals surface area contributed by atoms with Crippen molar-refractivity contribution >= 4 is 0 Å². The molecule has 1 aliphatic rings. The Balaban J connectivity index is 2.13. The molecule has 4 unspecified atom stereocenters. The Labute approximate surface area is 130 Å². The van der Waals surface area contributed by atoms with Crippen molar-refractivity contribution in [3.63, 3.8) is 0 Å². The minimum atomic E-state index is 0.163. The molecule has 0 heterocycles. The van der Waals surface area contributed by atoms with Gasteiger partial charge in [0.05, 0.1) is 0 Å². The number of nitrogens with two attached hydrogens (primary N) is 1. The quantitative estimate of drug-likeness (QED) is 0.850. The van der Waals surface area contributed by atoms with Crippen molar-refractivity contribution in [3.8, 4) is 5.75 Å². The van der Waals surface area contributed by atoms with E-state index in [0.29, 0.717) is 11.8 Å². The molecule has 0 bridgehead atoms. The highest BCUT2D eigenvalue weighted by Crippen LogP contribution is 2.34. The summed E-state index contributed by atoms with van der Waals surface area (Å²) in [5.74, 6) is 3.03. The Hall–Kier alpha value is -1.02. The first-order chi connectivity index (χ1) is 10.0. The molecule has 1 aromatic carbocycles. The number of hydrogen-bond donors (Lipinski definition) is 1. The van der Waals surface area contributed by atoms with Crippen LogP contribution in [0.3, 0.4) is 0 Å². The van der Waals surface area contributed by atoms with Gasteiger partial charge >= 0.3 is 0 Å². The predicted molar refractivity (Wildman–Crippen MR) is 89.7 cm³/mol. The maximum absolute atomic E-state index is 6.38. The van der Waals surface area contributed by atoms with Crippen LogP contribution < -0.4 is 10.5 Å². The topological polar surface area (TPSA) is 35.2 Å². The van der Waals surface area contributed by atoms with Gasteiger partial charge in [0, 0.05) is 6.04 Å². The van der Waals surface area contributed by atoms with Crippen molar-refractivity contribution in [3.05, 3.63) is 29.8 Å². The SMILES string of the molecule is CCC(C)c1ccccc1OC1CC(C(C)C)CCC1N. The second kappa shape index (κ2) is 7.31. The molecule has 0 spiro atoms. The van der Waals surface area contributed by atoms with Gasteiger partial charge in [0.25, 0.3) is 0 Å². The van der Waals surface area contributed by atoms with Crippen LogP contribution in [0.5, 0.6) is 5.75 Å². The molecule has 2 heteroatoms. The number of para-hydroxylation sites is 1. The van der Waals surface area contributed by atoms with Crippen LogP contribution in [0.4, 0.5) is 0 Å². The number of rotatable bonds is 5. The number of hydrogen-bond acceptors (Lipinski definition) is 2. The van der Waals surface area contributed by atoms with Crippen LogP contribution in [0.15, 0.2) is 24.3 Å². The van der Waals surface area contributed by atoms with E-state index in [4.69, 9.17) is 10.5 Å². The van der Waals surface area contributed by atoms with Gasteiger partial charge in [0.2, 0.25) is 0 Å². The Morgan fingerprint density at radius 3 is 2.57 bits per heavy atom. The van der Waals surface area contributed by atoms with Gasteiger partial charge < -0.3 is 10.5 Å². The molecule has 118 valence electrons. The third kappa shape index (κ3) is 4.00. The Kier molecular flexibility index (Phi) is 5.69. The first kappa shape index (κ1) is 16.4. The van der Waals surface area contributed by atoms with Crippen LogP contribution in [0.25, 0.3) is 0 Å². The molecule has 1 fully saturated rings. The van der Waals surface area contributed by atoms with Gasteiger partial charge in [-0.05, 0) is 55.1 Å². The molecule has 0 amide bonds. The summed E-state index contributed by atoms with van der Waals surface area (Å²) >= 11 is 0. The van der Waals surface area contributed by atoms with E-state index >= 15 is 0 Å². The third-order valence-corrected chi connectivity index (χ3v) is 5.17. The zero-order valence-electron chi connectivity index (χ0n) is 14.0. The summed E-state index contributed by atoms with van der Waals surface area (Å²) in [5, 5.41) is 0. The summed E-state index contributed by atoms with van der Waals surface area (Å²) in [6, 6.07) is 8.64. The number of benzene rings is 1. The minimum absolute atomic E-state index is 0.163. The van der Waals surface area contributed by atoms with Crippen molar-refractivity contribution < 1.29 is 4.74 Å². The van der Waals surface area contributed by atoms with E-state index < -0.39 is 0 Å². The molecular weight excluding hydrogens is 258 g/mol. The molecule has 1 aromatic rings. The third-order valence-electron chi connectivity index (χ3n) is 5.17. The fraction of sp³-hybridized carbons (Fsp3) is 0.684. The highest BCUT2D eigenvalue weighted by atomic mass is 16.5. The minimum Gasteiger partial charge on any atom is -0.489 e. The molecule has 1 saturated carbocycles. The first-order valence-corrected chi connectivity index (χ1v) is 8.54. The highest BCUT2D eigenvalue weighted by molar-refractivity contribution is 5.36.